The Bertz CT molecular complexity index is 309. The number of carbonyl (C=O) groups excluding carboxylic acids is 1. The minimum Gasteiger partial charge on any atom is -0.353 e. The maximum atomic E-state index is 11.5. The lowest BCUT2D eigenvalue weighted by Crippen LogP contribution is -2.42. The third kappa shape index (κ3) is 4.39. The monoisotopic (exact) mass is 225 g/mol. The molecule has 1 aromatic rings. The van der Waals surface area contributed by atoms with Crippen LogP contribution >= 0.6 is 0 Å². The highest BCUT2D eigenvalue weighted by Gasteiger charge is 2.13. The predicted molar refractivity (Wildman–Crippen MR) is 60.5 cm³/mol. The first kappa shape index (κ1) is 12.6. The summed E-state index contributed by atoms with van der Waals surface area (Å²) in [5.41, 5.74) is 5.73. The molecule has 0 saturated carbocycles. The molecule has 6 heteroatoms. The van der Waals surface area contributed by atoms with Gasteiger partial charge in [-0.05, 0) is 12.3 Å². The second-order valence-electron chi connectivity index (χ2n) is 4.19. The van der Waals surface area contributed by atoms with Crippen molar-refractivity contribution in [3.05, 3.63) is 12.4 Å². The number of aromatic nitrogens is 3. The zero-order chi connectivity index (χ0) is 12.0. The molecule has 0 aliphatic heterocycles. The molecule has 1 heterocycles. The molecule has 0 aliphatic carbocycles. The third-order valence-electron chi connectivity index (χ3n) is 2.17. The second-order valence-corrected chi connectivity index (χ2v) is 4.19. The van der Waals surface area contributed by atoms with Crippen LogP contribution in [0.15, 0.2) is 12.4 Å². The average molecular weight is 225 g/mol. The number of carbonyl (C=O) groups is 1. The summed E-state index contributed by atoms with van der Waals surface area (Å²) in [5.74, 6) is 0.324. The summed E-state index contributed by atoms with van der Waals surface area (Å²) in [6, 6.07) is -0.421. The Balaban J connectivity index is 2.19. The van der Waals surface area contributed by atoms with Crippen molar-refractivity contribution in [3.8, 4) is 0 Å². The lowest BCUT2D eigenvalue weighted by molar-refractivity contribution is -0.122. The first-order chi connectivity index (χ1) is 7.59. The topological polar surface area (TPSA) is 85.8 Å². The van der Waals surface area contributed by atoms with Crippen molar-refractivity contribution in [2.24, 2.45) is 11.7 Å². The van der Waals surface area contributed by atoms with E-state index in [1.807, 2.05) is 13.8 Å². The Kier molecular flexibility index (Phi) is 4.91. The van der Waals surface area contributed by atoms with E-state index in [4.69, 9.17) is 5.73 Å². The van der Waals surface area contributed by atoms with Gasteiger partial charge in [-0.2, -0.15) is 0 Å². The first-order valence-electron chi connectivity index (χ1n) is 5.47. The molecule has 1 aromatic heterocycles. The molecule has 16 heavy (non-hydrogen) atoms. The normalized spacial score (nSPS) is 12.8. The lowest BCUT2D eigenvalue weighted by atomic mass is 10.0. The van der Waals surface area contributed by atoms with Crippen LogP contribution in [-0.4, -0.2) is 33.5 Å². The predicted octanol–water partition coefficient (Wildman–Crippen LogP) is -0.232. The molecule has 0 aliphatic rings. The highest BCUT2D eigenvalue weighted by molar-refractivity contribution is 5.81. The molecule has 0 spiro atoms. The van der Waals surface area contributed by atoms with Gasteiger partial charge in [-0.3, -0.25) is 9.48 Å². The quantitative estimate of drug-likeness (QED) is 0.700. The molecule has 1 rings (SSSR count). The standard InChI is InChI=1S/C10H19N5O/c1-8(2)7-9(11)10(16)12-3-5-15-6-4-13-14-15/h4,6,8-9H,3,5,7,11H2,1-2H3,(H,12,16)/t9-/m1/s1. The van der Waals surface area contributed by atoms with Crippen molar-refractivity contribution >= 4 is 5.91 Å². The van der Waals surface area contributed by atoms with Crippen LogP contribution in [0.4, 0.5) is 0 Å². The molecule has 1 amide bonds. The number of hydrogen-bond acceptors (Lipinski definition) is 4. The van der Waals surface area contributed by atoms with Crippen molar-refractivity contribution in [1.29, 1.82) is 0 Å². The Morgan fingerprint density at radius 3 is 2.88 bits per heavy atom. The van der Waals surface area contributed by atoms with Gasteiger partial charge in [0.2, 0.25) is 5.91 Å². The summed E-state index contributed by atoms with van der Waals surface area (Å²) in [6.07, 6.45) is 4.06. The SMILES string of the molecule is CC(C)C[C@@H](N)C(=O)NCCn1ccnn1. The third-order valence-corrected chi connectivity index (χ3v) is 2.17. The van der Waals surface area contributed by atoms with E-state index in [0.717, 1.165) is 0 Å². The van der Waals surface area contributed by atoms with Crippen LogP contribution < -0.4 is 11.1 Å². The van der Waals surface area contributed by atoms with Crippen LogP contribution in [0.2, 0.25) is 0 Å². The number of hydrogen-bond donors (Lipinski definition) is 2. The molecule has 0 bridgehead atoms. The van der Waals surface area contributed by atoms with Gasteiger partial charge >= 0.3 is 0 Å². The fraction of sp³-hybridized carbons (Fsp3) is 0.700. The van der Waals surface area contributed by atoms with Crippen LogP contribution in [0.3, 0.4) is 0 Å². The smallest absolute Gasteiger partial charge is 0.236 e. The Morgan fingerprint density at radius 1 is 1.56 bits per heavy atom. The van der Waals surface area contributed by atoms with Gasteiger partial charge in [-0.1, -0.05) is 19.1 Å². The van der Waals surface area contributed by atoms with Gasteiger partial charge in [0.25, 0.3) is 0 Å². The largest absolute Gasteiger partial charge is 0.353 e. The van der Waals surface area contributed by atoms with Crippen molar-refractivity contribution in [2.45, 2.75) is 32.9 Å². The molecule has 0 radical (unpaired) electrons. The van der Waals surface area contributed by atoms with Crippen LogP contribution in [0, 0.1) is 5.92 Å². The van der Waals surface area contributed by atoms with E-state index < -0.39 is 6.04 Å². The summed E-state index contributed by atoms with van der Waals surface area (Å²) in [4.78, 5) is 11.5. The minimum atomic E-state index is -0.421. The number of rotatable bonds is 6. The zero-order valence-electron chi connectivity index (χ0n) is 9.76. The number of nitrogens with zero attached hydrogens (tertiary/aromatic N) is 3. The lowest BCUT2D eigenvalue weighted by Gasteiger charge is -2.13. The van der Waals surface area contributed by atoms with E-state index in [2.05, 4.69) is 15.6 Å². The van der Waals surface area contributed by atoms with E-state index in [-0.39, 0.29) is 5.91 Å². The van der Waals surface area contributed by atoms with Crippen LogP contribution in [0.25, 0.3) is 0 Å². The van der Waals surface area contributed by atoms with E-state index in [0.29, 0.717) is 25.4 Å². The number of nitrogens with one attached hydrogen (secondary N) is 1. The molecular formula is C10H19N5O. The zero-order valence-corrected chi connectivity index (χ0v) is 9.76. The van der Waals surface area contributed by atoms with Crippen molar-refractivity contribution in [3.63, 3.8) is 0 Å². The van der Waals surface area contributed by atoms with E-state index in [9.17, 15) is 4.79 Å². The summed E-state index contributed by atoms with van der Waals surface area (Å²) >= 11 is 0. The minimum absolute atomic E-state index is 0.103. The van der Waals surface area contributed by atoms with Gasteiger partial charge in [-0.25, -0.2) is 0 Å². The van der Waals surface area contributed by atoms with Gasteiger partial charge < -0.3 is 11.1 Å². The second kappa shape index (κ2) is 6.22. The summed E-state index contributed by atoms with van der Waals surface area (Å²) in [6.45, 7) is 5.22. The Morgan fingerprint density at radius 2 is 2.31 bits per heavy atom. The van der Waals surface area contributed by atoms with Crippen LogP contribution in [0.5, 0.6) is 0 Å². The van der Waals surface area contributed by atoms with Crippen LogP contribution in [-0.2, 0) is 11.3 Å². The molecule has 90 valence electrons. The first-order valence-corrected chi connectivity index (χ1v) is 5.47. The molecule has 0 saturated heterocycles. The maximum absolute atomic E-state index is 11.5. The van der Waals surface area contributed by atoms with Gasteiger partial charge in [-0.15, -0.1) is 5.10 Å². The van der Waals surface area contributed by atoms with Gasteiger partial charge in [0.15, 0.2) is 0 Å². The number of amides is 1. The average Bonchev–Trinajstić information content (AvgIpc) is 2.69. The molecule has 0 fully saturated rings. The fourth-order valence-electron chi connectivity index (χ4n) is 1.39. The molecular weight excluding hydrogens is 206 g/mol. The van der Waals surface area contributed by atoms with Crippen molar-refractivity contribution in [1.82, 2.24) is 20.3 Å². The van der Waals surface area contributed by atoms with Crippen molar-refractivity contribution < 1.29 is 4.79 Å². The fourth-order valence-corrected chi connectivity index (χ4v) is 1.39. The van der Waals surface area contributed by atoms with E-state index >= 15 is 0 Å². The molecule has 1 atom stereocenters. The number of nitrogens with two attached hydrogens (primary N) is 1. The summed E-state index contributed by atoms with van der Waals surface area (Å²) < 4.78 is 1.66. The highest BCUT2D eigenvalue weighted by atomic mass is 16.2. The Hall–Kier alpha value is -1.43. The Labute approximate surface area is 95.2 Å². The van der Waals surface area contributed by atoms with E-state index in [1.165, 1.54) is 0 Å². The van der Waals surface area contributed by atoms with Gasteiger partial charge in [0.1, 0.15) is 0 Å². The maximum Gasteiger partial charge on any atom is 0.236 e. The summed E-state index contributed by atoms with van der Waals surface area (Å²) in [5, 5.41) is 10.2. The van der Waals surface area contributed by atoms with Crippen LogP contribution in [0.1, 0.15) is 20.3 Å². The van der Waals surface area contributed by atoms with Gasteiger partial charge in [0, 0.05) is 12.7 Å². The summed E-state index contributed by atoms with van der Waals surface area (Å²) in [7, 11) is 0. The van der Waals surface area contributed by atoms with E-state index in [1.54, 1.807) is 17.1 Å². The van der Waals surface area contributed by atoms with Gasteiger partial charge in [0.05, 0.1) is 18.8 Å². The van der Waals surface area contributed by atoms with Crippen molar-refractivity contribution in [2.75, 3.05) is 6.54 Å². The highest BCUT2D eigenvalue weighted by Crippen LogP contribution is 2.02. The molecule has 0 aromatic carbocycles. The molecule has 0 unspecified atom stereocenters. The molecule has 6 nitrogen and oxygen atoms in total. The molecule has 3 N–H and O–H groups in total.